The van der Waals surface area contributed by atoms with Gasteiger partial charge < -0.3 is 9.09 Å². The summed E-state index contributed by atoms with van der Waals surface area (Å²) in [5.74, 6) is 0.353. The molecule has 1 atom stereocenters. The van der Waals surface area contributed by atoms with E-state index in [1.54, 1.807) is 25.1 Å². The lowest BCUT2D eigenvalue weighted by Gasteiger charge is -2.08. The molecule has 2 aromatic carbocycles. The fourth-order valence-electron chi connectivity index (χ4n) is 3.12. The number of halogens is 1. The molecule has 31 heavy (non-hydrogen) atoms. The zero-order valence-corrected chi connectivity index (χ0v) is 18.7. The third-order valence-electron chi connectivity index (χ3n) is 4.83. The Bertz CT molecular complexity index is 1380. The van der Waals surface area contributed by atoms with Crippen molar-refractivity contribution < 1.29 is 17.3 Å². The fourth-order valence-corrected chi connectivity index (χ4v) is 4.67. The Balaban J connectivity index is 1.63. The van der Waals surface area contributed by atoms with E-state index in [0.29, 0.717) is 40.1 Å². The number of fused-ring (bicyclic) bond motifs is 1. The van der Waals surface area contributed by atoms with Gasteiger partial charge in [-0.15, -0.1) is 0 Å². The van der Waals surface area contributed by atoms with Gasteiger partial charge in [0.25, 0.3) is 0 Å². The van der Waals surface area contributed by atoms with E-state index in [4.69, 9.17) is 9.66 Å². The highest BCUT2D eigenvalue weighted by atomic mass is 32.2. The number of aryl methyl sites for hydroxylation is 2. The van der Waals surface area contributed by atoms with Crippen molar-refractivity contribution in [3.8, 4) is 11.4 Å². The minimum absolute atomic E-state index is 0.0113. The summed E-state index contributed by atoms with van der Waals surface area (Å²) in [7, 11) is -3.82. The number of aromatic nitrogens is 4. The maximum Gasteiger partial charge on any atom is 0.240 e. The van der Waals surface area contributed by atoms with Crippen molar-refractivity contribution in [3.05, 3.63) is 53.7 Å². The molecule has 8 nitrogen and oxygen atoms in total. The standard InChI is InChI=1S/C20H20FN5O3S2/c1-4-26-17-8-7-14(31(22,27)28)10-16(17)23-20(26)30-12(3)19-24-18(25-29-19)13-6-5-11(2)15(21)9-13/h5-10,12H,4H2,1-3H3,(H2,22,27,28). The number of hydrogen-bond acceptors (Lipinski definition) is 7. The first-order chi connectivity index (χ1) is 14.7. The average Bonchev–Trinajstić information content (AvgIpc) is 3.33. The molecule has 0 fully saturated rings. The molecule has 4 rings (SSSR count). The first-order valence-electron chi connectivity index (χ1n) is 9.47. The normalized spacial score (nSPS) is 13.1. The van der Waals surface area contributed by atoms with Gasteiger partial charge in [-0.3, -0.25) is 0 Å². The van der Waals surface area contributed by atoms with Crippen molar-refractivity contribution in [2.75, 3.05) is 0 Å². The molecule has 0 radical (unpaired) electrons. The van der Waals surface area contributed by atoms with E-state index in [-0.39, 0.29) is 16.0 Å². The molecule has 0 aliphatic heterocycles. The SMILES string of the molecule is CCn1c(SC(C)c2nc(-c3ccc(C)c(F)c3)no2)nc2cc(S(N)(=O)=O)ccc21. The fraction of sp³-hybridized carbons (Fsp3) is 0.250. The summed E-state index contributed by atoms with van der Waals surface area (Å²) in [4.78, 5) is 8.99. The molecule has 0 amide bonds. The molecule has 1 unspecified atom stereocenters. The van der Waals surface area contributed by atoms with Gasteiger partial charge in [0.15, 0.2) is 5.16 Å². The number of thioether (sulfide) groups is 1. The van der Waals surface area contributed by atoms with E-state index in [2.05, 4.69) is 15.1 Å². The van der Waals surface area contributed by atoms with Crippen LogP contribution in [0.3, 0.4) is 0 Å². The molecule has 11 heteroatoms. The van der Waals surface area contributed by atoms with Crippen molar-refractivity contribution >= 4 is 32.8 Å². The molecule has 0 bridgehead atoms. The van der Waals surface area contributed by atoms with E-state index >= 15 is 0 Å². The molecule has 2 N–H and O–H groups in total. The quantitative estimate of drug-likeness (QED) is 0.430. The second kappa shape index (κ2) is 8.06. The Hall–Kier alpha value is -2.76. The molecular weight excluding hydrogens is 441 g/mol. The van der Waals surface area contributed by atoms with Gasteiger partial charge in [0.1, 0.15) is 5.82 Å². The van der Waals surface area contributed by atoms with Gasteiger partial charge >= 0.3 is 0 Å². The molecule has 2 aromatic heterocycles. The van der Waals surface area contributed by atoms with E-state index in [1.165, 1.54) is 30.0 Å². The first-order valence-corrected chi connectivity index (χ1v) is 11.9. The zero-order valence-electron chi connectivity index (χ0n) is 17.0. The summed E-state index contributed by atoms with van der Waals surface area (Å²) in [6.07, 6.45) is 0. The number of nitrogens with zero attached hydrogens (tertiary/aromatic N) is 4. The first kappa shape index (κ1) is 21.5. The number of sulfonamides is 1. The highest BCUT2D eigenvalue weighted by molar-refractivity contribution is 7.99. The van der Waals surface area contributed by atoms with Crippen LogP contribution in [-0.4, -0.2) is 28.1 Å². The molecule has 0 spiro atoms. The smallest absolute Gasteiger partial charge is 0.240 e. The Kier molecular flexibility index (Phi) is 5.58. The third kappa shape index (κ3) is 4.21. The van der Waals surface area contributed by atoms with Crippen LogP contribution in [0.15, 0.2) is 51.0 Å². The average molecular weight is 462 g/mol. The summed E-state index contributed by atoms with van der Waals surface area (Å²) in [6, 6.07) is 9.40. The monoisotopic (exact) mass is 461 g/mol. The maximum atomic E-state index is 13.9. The number of nitrogens with two attached hydrogens (primary N) is 1. The van der Waals surface area contributed by atoms with Crippen molar-refractivity contribution in [2.24, 2.45) is 5.14 Å². The van der Waals surface area contributed by atoms with E-state index < -0.39 is 10.0 Å². The van der Waals surface area contributed by atoms with Crippen LogP contribution >= 0.6 is 11.8 Å². The largest absolute Gasteiger partial charge is 0.338 e. The molecule has 0 saturated carbocycles. The molecule has 0 aliphatic rings. The Morgan fingerprint density at radius 2 is 2.00 bits per heavy atom. The van der Waals surface area contributed by atoms with Gasteiger partial charge in [0.05, 0.1) is 21.2 Å². The summed E-state index contributed by atoms with van der Waals surface area (Å²) in [5.41, 5.74) is 2.41. The van der Waals surface area contributed by atoms with E-state index in [9.17, 15) is 12.8 Å². The minimum Gasteiger partial charge on any atom is -0.338 e. The summed E-state index contributed by atoms with van der Waals surface area (Å²) < 4.78 is 44.5. The number of benzene rings is 2. The van der Waals surface area contributed by atoms with Crippen molar-refractivity contribution in [1.29, 1.82) is 0 Å². The molecule has 0 aliphatic carbocycles. The van der Waals surface area contributed by atoms with Crippen LogP contribution in [-0.2, 0) is 16.6 Å². The van der Waals surface area contributed by atoms with Gasteiger partial charge in [-0.25, -0.2) is 22.9 Å². The van der Waals surface area contributed by atoms with Crippen LogP contribution < -0.4 is 5.14 Å². The number of rotatable bonds is 6. The molecule has 0 saturated heterocycles. The highest BCUT2D eigenvalue weighted by Crippen LogP contribution is 2.36. The Labute approximate surface area is 182 Å². The minimum atomic E-state index is -3.82. The van der Waals surface area contributed by atoms with Crippen molar-refractivity contribution in [2.45, 2.75) is 42.6 Å². The second-order valence-electron chi connectivity index (χ2n) is 7.01. The topological polar surface area (TPSA) is 117 Å². The molecular formula is C20H20FN5O3S2. The molecule has 162 valence electrons. The van der Waals surface area contributed by atoms with Crippen molar-refractivity contribution in [1.82, 2.24) is 19.7 Å². The van der Waals surface area contributed by atoms with Crippen LogP contribution in [0.4, 0.5) is 4.39 Å². The van der Waals surface area contributed by atoms with Crippen LogP contribution in [0.2, 0.25) is 0 Å². The van der Waals surface area contributed by atoms with Gasteiger partial charge in [-0.2, -0.15) is 4.98 Å². The predicted molar refractivity (Wildman–Crippen MR) is 115 cm³/mol. The maximum absolute atomic E-state index is 13.9. The van der Waals surface area contributed by atoms with Gasteiger partial charge in [0, 0.05) is 12.1 Å². The lowest BCUT2D eigenvalue weighted by atomic mass is 10.1. The van der Waals surface area contributed by atoms with Crippen LogP contribution in [0.1, 0.15) is 30.6 Å². The summed E-state index contributed by atoms with van der Waals surface area (Å²) in [6.45, 7) is 6.19. The lowest BCUT2D eigenvalue weighted by molar-refractivity contribution is 0.380. The zero-order chi connectivity index (χ0) is 22.3. The highest BCUT2D eigenvalue weighted by Gasteiger charge is 2.21. The van der Waals surface area contributed by atoms with Crippen LogP contribution in [0.25, 0.3) is 22.4 Å². The van der Waals surface area contributed by atoms with E-state index in [0.717, 1.165) is 5.52 Å². The van der Waals surface area contributed by atoms with Crippen LogP contribution in [0, 0.1) is 12.7 Å². The second-order valence-corrected chi connectivity index (χ2v) is 9.88. The Morgan fingerprint density at radius 3 is 2.68 bits per heavy atom. The van der Waals surface area contributed by atoms with Gasteiger partial charge in [-0.05, 0) is 50.6 Å². The summed E-state index contributed by atoms with van der Waals surface area (Å²) in [5, 5.41) is 9.64. The molecule has 4 aromatic rings. The van der Waals surface area contributed by atoms with E-state index in [1.807, 2.05) is 18.4 Å². The third-order valence-corrected chi connectivity index (χ3v) is 6.82. The van der Waals surface area contributed by atoms with Crippen molar-refractivity contribution in [3.63, 3.8) is 0 Å². The number of imidazole rings is 1. The van der Waals surface area contributed by atoms with Gasteiger partial charge in [0.2, 0.25) is 21.7 Å². The lowest BCUT2D eigenvalue weighted by Crippen LogP contribution is -2.11. The summed E-state index contributed by atoms with van der Waals surface area (Å²) >= 11 is 1.40. The number of hydrogen-bond donors (Lipinski definition) is 1. The number of primary sulfonamides is 1. The predicted octanol–water partition coefficient (Wildman–Crippen LogP) is 4.05. The van der Waals surface area contributed by atoms with Gasteiger partial charge in [-0.1, -0.05) is 29.1 Å². The van der Waals surface area contributed by atoms with Crippen LogP contribution in [0.5, 0.6) is 0 Å². The molecule has 2 heterocycles. The Morgan fingerprint density at radius 1 is 1.23 bits per heavy atom.